The molecule has 0 atom stereocenters. The van der Waals surface area contributed by atoms with E-state index in [-0.39, 0.29) is 5.97 Å². The molecule has 3 rings (SSSR count). The quantitative estimate of drug-likeness (QED) is 0.211. The van der Waals surface area contributed by atoms with Gasteiger partial charge in [-0.2, -0.15) is 0 Å². The number of hydrogen-bond donors (Lipinski definition) is 3. The zero-order chi connectivity index (χ0) is 21.9. The summed E-state index contributed by atoms with van der Waals surface area (Å²) in [4.78, 5) is 28.9. The summed E-state index contributed by atoms with van der Waals surface area (Å²) in [7, 11) is 0. The molecule has 2 heterocycles. The number of nitrogens with one attached hydrogen (secondary N) is 3. The molecule has 0 aromatic heterocycles. The van der Waals surface area contributed by atoms with Gasteiger partial charge in [0.05, 0.1) is 18.0 Å². The molecule has 3 N–H and O–H groups in total. The van der Waals surface area contributed by atoms with Crippen LogP contribution in [-0.4, -0.2) is 46.2 Å². The summed E-state index contributed by atoms with van der Waals surface area (Å²) in [6.45, 7) is 8.52. The lowest BCUT2D eigenvalue weighted by molar-refractivity contribution is -0.140. The first kappa shape index (κ1) is 22.4. The minimum Gasteiger partial charge on any atom is -0.461 e. The number of hydrazine groups is 1. The average molecular weight is 529 g/mol. The Balaban J connectivity index is 1.71. The van der Waals surface area contributed by atoms with Crippen LogP contribution >= 0.6 is 22.6 Å². The largest absolute Gasteiger partial charge is 0.461 e. The highest BCUT2D eigenvalue weighted by Gasteiger charge is 2.37. The van der Waals surface area contributed by atoms with Crippen molar-refractivity contribution in [3.63, 3.8) is 0 Å². The maximum atomic E-state index is 12.7. The van der Waals surface area contributed by atoms with Gasteiger partial charge in [-0.1, -0.05) is 0 Å². The fourth-order valence-electron chi connectivity index (χ4n) is 3.42. The van der Waals surface area contributed by atoms with Crippen molar-refractivity contribution in [3.05, 3.63) is 34.4 Å². The van der Waals surface area contributed by atoms with Gasteiger partial charge in [-0.15, -0.1) is 0 Å². The van der Waals surface area contributed by atoms with Crippen LogP contribution in [0.5, 0.6) is 0 Å². The normalized spacial score (nSPS) is 18.0. The van der Waals surface area contributed by atoms with Crippen molar-refractivity contribution in [2.45, 2.75) is 52.6 Å². The highest BCUT2D eigenvalue weighted by atomic mass is 127. The third kappa shape index (κ3) is 5.27. The van der Waals surface area contributed by atoms with Crippen LogP contribution in [0.4, 0.5) is 4.79 Å². The van der Waals surface area contributed by atoms with E-state index in [1.807, 2.05) is 32.0 Å². The van der Waals surface area contributed by atoms with E-state index in [0.29, 0.717) is 31.8 Å². The Morgan fingerprint density at radius 3 is 2.77 bits per heavy atom. The molecule has 1 aliphatic carbocycles. The van der Waals surface area contributed by atoms with E-state index in [4.69, 9.17) is 9.47 Å². The van der Waals surface area contributed by atoms with Crippen molar-refractivity contribution < 1.29 is 19.1 Å². The number of esters is 1. The van der Waals surface area contributed by atoms with E-state index in [0.717, 1.165) is 39.2 Å². The number of amides is 1. The molecule has 0 saturated carbocycles. The lowest BCUT2D eigenvalue weighted by atomic mass is 9.91. The first-order valence-corrected chi connectivity index (χ1v) is 11.1. The number of allylic oxidation sites excluding steroid dienone is 2. The Bertz CT molecular complexity index is 854. The number of rotatable bonds is 6. The van der Waals surface area contributed by atoms with Crippen molar-refractivity contribution in [2.75, 3.05) is 19.7 Å². The molecule has 2 aliphatic heterocycles. The predicted molar refractivity (Wildman–Crippen MR) is 121 cm³/mol. The Hall–Kier alpha value is -2.24. The molecule has 10 heteroatoms. The van der Waals surface area contributed by atoms with E-state index in [1.165, 1.54) is 0 Å². The fourth-order valence-corrected chi connectivity index (χ4v) is 3.83. The number of halogens is 1. The van der Waals surface area contributed by atoms with Crippen molar-refractivity contribution in [1.29, 1.82) is 0 Å². The lowest BCUT2D eigenvalue weighted by Crippen LogP contribution is -2.39. The van der Waals surface area contributed by atoms with Gasteiger partial charge in [0, 0.05) is 24.9 Å². The minimum absolute atomic E-state index is 0.309. The Morgan fingerprint density at radius 2 is 2.07 bits per heavy atom. The Morgan fingerprint density at radius 1 is 1.30 bits per heavy atom. The number of nitrogens with zero attached hydrogens (tertiary/aromatic N) is 2. The van der Waals surface area contributed by atoms with Crippen LogP contribution in [0.3, 0.4) is 0 Å². The molecule has 3 aliphatic rings. The molecule has 9 nitrogen and oxygen atoms in total. The van der Waals surface area contributed by atoms with Gasteiger partial charge < -0.3 is 20.1 Å². The molecule has 0 aromatic rings. The first-order valence-electron chi connectivity index (χ1n) is 10.0. The van der Waals surface area contributed by atoms with Gasteiger partial charge in [-0.05, 0) is 75.1 Å². The number of amidine groups is 1. The van der Waals surface area contributed by atoms with Crippen LogP contribution in [0, 0.1) is 0 Å². The average Bonchev–Trinajstić information content (AvgIpc) is 3.03. The summed E-state index contributed by atoms with van der Waals surface area (Å²) in [5, 5.41) is 7.87. The molecular formula is C20H28IN5O4. The van der Waals surface area contributed by atoms with Crippen LogP contribution < -0.4 is 16.1 Å². The molecule has 0 spiro atoms. The number of carbonyl (C=O) groups excluding carboxylic acids is 2. The summed E-state index contributed by atoms with van der Waals surface area (Å²) in [5.74, 6) is -0.345. The number of hydrogen-bond acceptors (Lipinski definition) is 8. The van der Waals surface area contributed by atoms with Gasteiger partial charge in [0.1, 0.15) is 11.3 Å². The van der Waals surface area contributed by atoms with E-state index in [9.17, 15) is 9.59 Å². The van der Waals surface area contributed by atoms with Crippen LogP contribution in [0.25, 0.3) is 0 Å². The zero-order valence-corrected chi connectivity index (χ0v) is 19.9. The van der Waals surface area contributed by atoms with E-state index in [2.05, 4.69) is 43.6 Å². The van der Waals surface area contributed by atoms with Gasteiger partial charge >= 0.3 is 12.1 Å². The third-order valence-electron chi connectivity index (χ3n) is 4.58. The molecule has 164 valence electrons. The highest BCUT2D eigenvalue weighted by molar-refractivity contribution is 14.1. The molecule has 0 unspecified atom stereocenters. The maximum absolute atomic E-state index is 12.7. The predicted octanol–water partition coefficient (Wildman–Crippen LogP) is 2.82. The smallest absolute Gasteiger partial charge is 0.407 e. The van der Waals surface area contributed by atoms with Crippen molar-refractivity contribution in [3.8, 4) is 0 Å². The summed E-state index contributed by atoms with van der Waals surface area (Å²) >= 11 is 2.14. The second-order valence-corrected chi connectivity index (χ2v) is 9.06. The number of fused-ring (bicyclic) bond motifs is 2. The molecular weight excluding hydrogens is 501 g/mol. The monoisotopic (exact) mass is 529 g/mol. The van der Waals surface area contributed by atoms with Crippen LogP contribution in [-0.2, 0) is 14.3 Å². The number of aliphatic imine (C=N–C) groups is 1. The van der Waals surface area contributed by atoms with Crippen molar-refractivity contribution >= 4 is 38.5 Å². The van der Waals surface area contributed by atoms with Crippen LogP contribution in [0.1, 0.15) is 47.0 Å². The van der Waals surface area contributed by atoms with Gasteiger partial charge in [0.25, 0.3) is 0 Å². The Labute approximate surface area is 190 Å². The first-order chi connectivity index (χ1) is 14.2. The second kappa shape index (κ2) is 9.27. The van der Waals surface area contributed by atoms with Crippen molar-refractivity contribution in [1.82, 2.24) is 21.1 Å². The highest BCUT2D eigenvalue weighted by Crippen LogP contribution is 2.39. The lowest BCUT2D eigenvalue weighted by Gasteiger charge is -2.26. The molecule has 0 aromatic carbocycles. The van der Waals surface area contributed by atoms with Gasteiger partial charge in [-0.25, -0.2) is 14.6 Å². The standard InChI is InChI=1S/C20H28IN5O4/c1-5-29-17(27)16-13-8-7-12-11-23-18(21)24-14(12)15(13)25-26(16)10-6-9-22-19(28)30-20(2,3)4/h11,25H,5-10H2,1-4H3,(H,22,28)(H,23,24). The summed E-state index contributed by atoms with van der Waals surface area (Å²) in [6, 6.07) is 0. The number of alkyl carbamates (subject to hydrolysis) is 1. The number of ether oxygens (including phenoxy) is 2. The minimum atomic E-state index is -0.537. The summed E-state index contributed by atoms with van der Waals surface area (Å²) < 4.78 is 11.3. The molecule has 0 fully saturated rings. The van der Waals surface area contributed by atoms with Crippen LogP contribution in [0.15, 0.2) is 39.4 Å². The topological polar surface area (TPSA) is 104 Å². The van der Waals surface area contributed by atoms with Gasteiger partial charge in [0.2, 0.25) is 0 Å². The molecule has 0 radical (unpaired) electrons. The Kier molecular flexibility index (Phi) is 6.94. The van der Waals surface area contributed by atoms with E-state index in [1.54, 1.807) is 6.92 Å². The van der Waals surface area contributed by atoms with E-state index >= 15 is 0 Å². The van der Waals surface area contributed by atoms with Gasteiger partial charge in [-0.3, -0.25) is 10.4 Å². The summed E-state index contributed by atoms with van der Waals surface area (Å²) in [6.07, 6.45) is 3.57. The van der Waals surface area contributed by atoms with Crippen molar-refractivity contribution in [2.24, 2.45) is 4.99 Å². The van der Waals surface area contributed by atoms with Crippen LogP contribution in [0.2, 0.25) is 0 Å². The maximum Gasteiger partial charge on any atom is 0.407 e. The van der Waals surface area contributed by atoms with Gasteiger partial charge in [0.15, 0.2) is 3.84 Å². The molecule has 30 heavy (non-hydrogen) atoms. The van der Waals surface area contributed by atoms with E-state index < -0.39 is 11.7 Å². The second-order valence-electron chi connectivity index (χ2n) is 8.04. The fraction of sp³-hybridized carbons (Fsp3) is 0.550. The molecule has 0 saturated heterocycles. The zero-order valence-electron chi connectivity index (χ0n) is 17.7. The third-order valence-corrected chi connectivity index (χ3v) is 5.13. The molecule has 1 amide bonds. The molecule has 0 bridgehead atoms. The number of carbonyl (C=O) groups is 2. The SMILES string of the molecule is CCOC(=O)C1=C2CCC3=CN=C(I)NC3=C2NN1CCCNC(=O)OC(C)(C)C. The summed E-state index contributed by atoms with van der Waals surface area (Å²) in [5.41, 5.74) is 7.25.